The molecule has 0 fully saturated rings. The summed E-state index contributed by atoms with van der Waals surface area (Å²) in [5.74, 6) is 0. The zero-order chi connectivity index (χ0) is 40.0. The quantitative estimate of drug-likeness (QED) is 0.123. The fraction of sp³-hybridized carbons (Fsp3) is 0.226. The molecule has 5 heteroatoms. The van der Waals surface area contributed by atoms with E-state index in [1.54, 1.807) is 0 Å². The third-order valence-corrected chi connectivity index (χ3v) is 13.3. The smallest absolute Gasteiger partial charge is 0.661 e. The van der Waals surface area contributed by atoms with Crippen molar-refractivity contribution in [3.63, 3.8) is 0 Å². The summed E-state index contributed by atoms with van der Waals surface area (Å²) in [6.45, 7) is 18.7. The Morgan fingerprint density at radius 1 is 0.724 bits per heavy atom. The third kappa shape index (κ3) is 8.27. The van der Waals surface area contributed by atoms with E-state index in [0.717, 1.165) is 40.3 Å². The summed E-state index contributed by atoms with van der Waals surface area (Å²) in [4.78, 5) is 7.05. The average molecular weight is 951 g/mol. The van der Waals surface area contributed by atoms with E-state index in [4.69, 9.17) is 10.3 Å². The Morgan fingerprint density at radius 2 is 1.40 bits per heavy atom. The largest absolute Gasteiger partial charge is 3.00 e. The monoisotopic (exact) mass is 951 g/mol. The Hall–Kier alpha value is -5.06. The summed E-state index contributed by atoms with van der Waals surface area (Å²) in [5.41, 5.74) is 16.0. The van der Waals surface area contributed by atoms with Crippen LogP contribution in [0.3, 0.4) is 0 Å². The van der Waals surface area contributed by atoms with E-state index in [9.17, 15) is 0 Å². The molecule has 1 aliphatic heterocycles. The Labute approximate surface area is 361 Å². The standard InChI is InChI=1S/C34H26N2.C19H26NSi.Ir/c1-34(2)29-13-7-6-12-27(29)28-22-25(18-21-30(28)34)33-35-31-14-8-9-15-32(31)36(33)26-19-16-24(17-20-26)23-10-4-3-5-11-23;1-19(2,3)13-16-12-17(15-10-8-7-9-11-15)20-14-18(16)21(4,5)6;/h3-17,19-22,33H,1-2H3;7-10,12,14H,13H2,1-6H3;/q-2;-1;+3. The number of hydrogen-bond donors (Lipinski definition) is 0. The summed E-state index contributed by atoms with van der Waals surface area (Å²) >= 11 is 0. The number of para-hydroxylation sites is 2. The predicted octanol–water partition coefficient (Wildman–Crippen LogP) is 14.0. The van der Waals surface area contributed by atoms with Gasteiger partial charge in [0.15, 0.2) is 0 Å². The van der Waals surface area contributed by atoms with Crippen molar-refractivity contribution in [3.8, 4) is 33.5 Å². The summed E-state index contributed by atoms with van der Waals surface area (Å²) in [7, 11) is -1.37. The van der Waals surface area contributed by atoms with Gasteiger partial charge in [-0.1, -0.05) is 151 Å². The SMILES string of the molecule is CC(C)(C)Cc1cc(-c2[c-]cccc2)ncc1[Si](C)(C)C.CC1(C)c2c[c-]c(C3[N-]c4ccccc4N3c3ccc(-c4ccccc4)cc3)cc2-c2ccccc21.[Ir+3]. The Morgan fingerprint density at radius 3 is 2.10 bits per heavy atom. The molecule has 0 spiro atoms. The number of fused-ring (bicyclic) bond motifs is 4. The first kappa shape index (κ1) is 41.1. The number of benzene rings is 6. The maximum atomic E-state index is 5.17. The predicted molar refractivity (Wildman–Crippen MR) is 244 cm³/mol. The molecule has 3 nitrogen and oxygen atoms in total. The molecule has 0 bridgehead atoms. The molecule has 2 heterocycles. The van der Waals surface area contributed by atoms with Gasteiger partial charge in [0, 0.05) is 17.6 Å². The number of aromatic nitrogens is 1. The van der Waals surface area contributed by atoms with Crippen molar-refractivity contribution in [1.82, 2.24) is 4.98 Å². The van der Waals surface area contributed by atoms with Crippen LogP contribution in [0, 0.1) is 17.5 Å². The maximum absolute atomic E-state index is 5.17. The summed E-state index contributed by atoms with van der Waals surface area (Å²) in [5, 5.41) is 6.66. The van der Waals surface area contributed by atoms with Gasteiger partial charge in [-0.25, -0.2) is 0 Å². The first-order chi connectivity index (χ1) is 27.3. The van der Waals surface area contributed by atoms with Crippen LogP contribution in [0.15, 0.2) is 152 Å². The molecule has 1 aliphatic carbocycles. The molecule has 9 rings (SSSR count). The van der Waals surface area contributed by atoms with E-state index in [1.807, 2.05) is 18.2 Å². The summed E-state index contributed by atoms with van der Waals surface area (Å²) in [6, 6.07) is 58.3. The normalized spacial score (nSPS) is 14.9. The topological polar surface area (TPSA) is 30.2 Å². The molecule has 6 aromatic carbocycles. The minimum atomic E-state index is -1.37. The molecule has 0 amide bonds. The van der Waals surface area contributed by atoms with Gasteiger partial charge in [-0.05, 0) is 74.8 Å². The van der Waals surface area contributed by atoms with E-state index < -0.39 is 8.07 Å². The number of rotatable bonds is 6. The van der Waals surface area contributed by atoms with Crippen LogP contribution in [0.4, 0.5) is 17.1 Å². The number of nitrogens with zero attached hydrogens (tertiary/aromatic N) is 3. The van der Waals surface area contributed by atoms with E-state index >= 15 is 0 Å². The first-order valence-corrected chi connectivity index (χ1v) is 23.6. The number of hydrogen-bond acceptors (Lipinski definition) is 2. The van der Waals surface area contributed by atoms with Crippen molar-refractivity contribution >= 4 is 30.3 Å². The molecule has 1 aromatic heterocycles. The molecular formula is C53H52IrN3Si. The van der Waals surface area contributed by atoms with Crippen molar-refractivity contribution < 1.29 is 20.1 Å². The third-order valence-electron chi connectivity index (χ3n) is 11.2. The van der Waals surface area contributed by atoms with Gasteiger partial charge in [-0.3, -0.25) is 0 Å². The fourth-order valence-corrected chi connectivity index (χ4v) is 10.0. The van der Waals surface area contributed by atoms with Crippen LogP contribution in [0.5, 0.6) is 0 Å². The maximum Gasteiger partial charge on any atom is 3.00 e. The van der Waals surface area contributed by atoms with Gasteiger partial charge < -0.3 is 15.2 Å². The fourth-order valence-electron chi connectivity index (χ4n) is 8.43. The molecule has 292 valence electrons. The van der Waals surface area contributed by atoms with Crippen molar-refractivity contribution in [3.05, 3.63) is 191 Å². The second-order valence-electron chi connectivity index (χ2n) is 18.2. The molecule has 1 unspecified atom stereocenters. The minimum Gasteiger partial charge on any atom is -0.661 e. The first-order valence-electron chi connectivity index (χ1n) is 20.1. The van der Waals surface area contributed by atoms with Gasteiger partial charge >= 0.3 is 20.1 Å². The van der Waals surface area contributed by atoms with Gasteiger partial charge in [-0.15, -0.1) is 52.7 Å². The Balaban J connectivity index is 0.000000200. The second-order valence-corrected chi connectivity index (χ2v) is 23.2. The van der Waals surface area contributed by atoms with Crippen LogP contribution in [0.2, 0.25) is 19.6 Å². The molecule has 0 saturated heterocycles. The van der Waals surface area contributed by atoms with Crippen molar-refractivity contribution in [2.75, 3.05) is 4.90 Å². The number of pyridine rings is 1. The average Bonchev–Trinajstić information content (AvgIpc) is 3.70. The summed E-state index contributed by atoms with van der Waals surface area (Å²) in [6.07, 6.45) is 3.05. The molecule has 0 N–H and O–H groups in total. The van der Waals surface area contributed by atoms with Crippen LogP contribution >= 0.6 is 0 Å². The van der Waals surface area contributed by atoms with Gasteiger partial charge in [0.2, 0.25) is 0 Å². The van der Waals surface area contributed by atoms with Crippen LogP contribution in [0.25, 0.3) is 38.8 Å². The zero-order valence-corrected chi connectivity index (χ0v) is 38.3. The Bertz CT molecular complexity index is 2520. The van der Waals surface area contributed by atoms with E-state index in [2.05, 4.69) is 205 Å². The molecule has 0 saturated carbocycles. The van der Waals surface area contributed by atoms with Crippen molar-refractivity contribution in [2.45, 2.75) is 72.3 Å². The molecule has 0 radical (unpaired) electrons. The van der Waals surface area contributed by atoms with Crippen LogP contribution in [-0.4, -0.2) is 13.1 Å². The Kier molecular flexibility index (Phi) is 11.5. The van der Waals surface area contributed by atoms with Crippen molar-refractivity contribution in [2.24, 2.45) is 5.41 Å². The van der Waals surface area contributed by atoms with Gasteiger partial charge in [-0.2, -0.15) is 23.8 Å². The number of anilines is 2. The molecule has 1 atom stereocenters. The minimum absolute atomic E-state index is 0. The molecule has 58 heavy (non-hydrogen) atoms. The van der Waals surface area contributed by atoms with Crippen LogP contribution in [-0.2, 0) is 31.9 Å². The van der Waals surface area contributed by atoms with E-state index in [0.29, 0.717) is 0 Å². The van der Waals surface area contributed by atoms with E-state index in [-0.39, 0.29) is 37.1 Å². The molecule has 2 aliphatic rings. The van der Waals surface area contributed by atoms with Crippen molar-refractivity contribution in [1.29, 1.82) is 0 Å². The van der Waals surface area contributed by atoms with Crippen LogP contribution in [0.1, 0.15) is 63.0 Å². The van der Waals surface area contributed by atoms with Gasteiger partial charge in [0.1, 0.15) is 0 Å². The van der Waals surface area contributed by atoms with Crippen LogP contribution < -0.4 is 10.1 Å². The zero-order valence-electron chi connectivity index (χ0n) is 34.9. The molecule has 7 aromatic rings. The summed E-state index contributed by atoms with van der Waals surface area (Å²) < 4.78 is 0. The van der Waals surface area contributed by atoms with Gasteiger partial charge in [0.25, 0.3) is 0 Å². The van der Waals surface area contributed by atoms with Gasteiger partial charge in [0.05, 0.1) is 8.07 Å². The second kappa shape index (κ2) is 16.3. The van der Waals surface area contributed by atoms with E-state index in [1.165, 1.54) is 44.1 Å². The molecular weight excluding hydrogens is 899 g/mol.